The second kappa shape index (κ2) is 5.99. The van der Waals surface area contributed by atoms with Crippen molar-refractivity contribution in [1.29, 1.82) is 0 Å². The number of phenols is 1. The molecular weight excluding hydrogens is 289 g/mol. The van der Waals surface area contributed by atoms with Gasteiger partial charge in [0.2, 0.25) is 0 Å². The van der Waals surface area contributed by atoms with Crippen molar-refractivity contribution < 1.29 is 15.0 Å². The van der Waals surface area contributed by atoms with E-state index in [4.69, 9.17) is 23.2 Å². The molecule has 6 heteroatoms. The molecule has 0 aliphatic rings. The van der Waals surface area contributed by atoms with Crippen molar-refractivity contribution in [3.8, 4) is 5.75 Å². The van der Waals surface area contributed by atoms with Crippen molar-refractivity contribution in [1.82, 2.24) is 5.32 Å². The SMILES string of the molecule is CC(C)(C)C(O)CNC(=O)c1c(O)cc(Cl)cc1Cl. The van der Waals surface area contributed by atoms with Crippen molar-refractivity contribution in [3.63, 3.8) is 0 Å². The van der Waals surface area contributed by atoms with Gasteiger partial charge in [-0.05, 0) is 17.5 Å². The molecule has 1 atom stereocenters. The molecule has 1 amide bonds. The Bertz CT molecular complexity index is 460. The van der Waals surface area contributed by atoms with Crippen molar-refractivity contribution in [2.24, 2.45) is 5.41 Å². The molecule has 0 saturated heterocycles. The molecule has 0 aromatic heterocycles. The average Bonchev–Trinajstić information content (AvgIpc) is 2.22. The van der Waals surface area contributed by atoms with Crippen LogP contribution in [-0.4, -0.2) is 28.8 Å². The molecule has 1 aromatic rings. The van der Waals surface area contributed by atoms with Gasteiger partial charge in [-0.3, -0.25) is 4.79 Å². The molecule has 0 radical (unpaired) electrons. The van der Waals surface area contributed by atoms with Gasteiger partial charge in [0.05, 0.1) is 16.7 Å². The van der Waals surface area contributed by atoms with E-state index in [1.165, 1.54) is 12.1 Å². The molecule has 106 valence electrons. The minimum atomic E-state index is -0.704. The van der Waals surface area contributed by atoms with E-state index in [2.05, 4.69) is 5.32 Å². The standard InChI is InChI=1S/C13H17Cl2NO3/c1-13(2,3)10(18)6-16-12(19)11-8(15)4-7(14)5-9(11)17/h4-5,10,17-18H,6H2,1-3H3,(H,16,19). The first-order chi connectivity index (χ1) is 8.62. The molecule has 4 nitrogen and oxygen atoms in total. The fourth-order valence-electron chi connectivity index (χ4n) is 1.37. The summed E-state index contributed by atoms with van der Waals surface area (Å²) in [4.78, 5) is 11.9. The Morgan fingerprint density at radius 3 is 2.42 bits per heavy atom. The lowest BCUT2D eigenvalue weighted by Crippen LogP contribution is -2.39. The molecule has 0 fully saturated rings. The number of hydrogen-bond donors (Lipinski definition) is 3. The van der Waals surface area contributed by atoms with Crippen LogP contribution in [0.3, 0.4) is 0 Å². The number of carbonyl (C=O) groups is 1. The highest BCUT2D eigenvalue weighted by Crippen LogP contribution is 2.30. The molecule has 0 saturated carbocycles. The number of carbonyl (C=O) groups excluding carboxylic acids is 1. The molecule has 1 aromatic carbocycles. The van der Waals surface area contributed by atoms with E-state index in [0.29, 0.717) is 0 Å². The monoisotopic (exact) mass is 305 g/mol. The third-order valence-corrected chi connectivity index (χ3v) is 3.23. The number of amides is 1. The molecule has 1 rings (SSSR count). The maximum absolute atomic E-state index is 11.9. The van der Waals surface area contributed by atoms with Gasteiger partial charge in [0.25, 0.3) is 5.91 Å². The number of rotatable bonds is 3. The number of hydrogen-bond acceptors (Lipinski definition) is 3. The molecule has 0 spiro atoms. The quantitative estimate of drug-likeness (QED) is 0.804. The molecule has 1 unspecified atom stereocenters. The largest absolute Gasteiger partial charge is 0.507 e. The van der Waals surface area contributed by atoms with Crippen molar-refractivity contribution in [2.75, 3.05) is 6.54 Å². The van der Waals surface area contributed by atoms with Gasteiger partial charge < -0.3 is 15.5 Å². The summed E-state index contributed by atoms with van der Waals surface area (Å²) in [7, 11) is 0. The highest BCUT2D eigenvalue weighted by atomic mass is 35.5. The van der Waals surface area contributed by atoms with Crippen LogP contribution in [0.4, 0.5) is 0 Å². The van der Waals surface area contributed by atoms with Crippen LogP contribution in [-0.2, 0) is 0 Å². The smallest absolute Gasteiger partial charge is 0.256 e. The summed E-state index contributed by atoms with van der Waals surface area (Å²) < 4.78 is 0. The predicted octanol–water partition coefficient (Wildman–Crippen LogP) is 2.84. The fraction of sp³-hybridized carbons (Fsp3) is 0.462. The lowest BCUT2D eigenvalue weighted by Gasteiger charge is -2.26. The van der Waals surface area contributed by atoms with Crippen LogP contribution >= 0.6 is 23.2 Å². The lowest BCUT2D eigenvalue weighted by atomic mass is 9.89. The Labute approximate surface area is 122 Å². The molecule has 0 aliphatic carbocycles. The fourth-order valence-corrected chi connectivity index (χ4v) is 1.94. The number of aromatic hydroxyl groups is 1. The Balaban J connectivity index is 2.80. The van der Waals surface area contributed by atoms with E-state index in [-0.39, 0.29) is 33.3 Å². The number of phenolic OH excluding ortho intramolecular Hbond substituents is 1. The highest BCUT2D eigenvalue weighted by molar-refractivity contribution is 6.37. The maximum atomic E-state index is 11.9. The van der Waals surface area contributed by atoms with Crippen molar-refractivity contribution in [2.45, 2.75) is 26.9 Å². The predicted molar refractivity (Wildman–Crippen MR) is 75.9 cm³/mol. The normalized spacial score (nSPS) is 13.2. The van der Waals surface area contributed by atoms with Crippen molar-refractivity contribution in [3.05, 3.63) is 27.7 Å². The summed E-state index contributed by atoms with van der Waals surface area (Å²) in [5, 5.41) is 22.3. The van der Waals surface area contributed by atoms with Crippen LogP contribution in [0, 0.1) is 5.41 Å². The zero-order chi connectivity index (χ0) is 14.8. The Kier molecular flexibility index (Phi) is 5.07. The van der Waals surface area contributed by atoms with Gasteiger partial charge >= 0.3 is 0 Å². The minimum absolute atomic E-state index is 0.0489. The number of aliphatic hydroxyl groups is 1. The summed E-state index contributed by atoms with van der Waals surface area (Å²) in [6.07, 6.45) is -0.704. The Morgan fingerprint density at radius 2 is 1.95 bits per heavy atom. The third kappa shape index (κ3) is 4.27. The molecule has 0 aliphatic heterocycles. The van der Waals surface area contributed by atoms with Crippen LogP contribution in [0.5, 0.6) is 5.75 Å². The van der Waals surface area contributed by atoms with Gasteiger partial charge in [0.1, 0.15) is 5.75 Å². The van der Waals surface area contributed by atoms with E-state index >= 15 is 0 Å². The number of aliphatic hydroxyl groups excluding tert-OH is 1. The molecule has 3 N–H and O–H groups in total. The van der Waals surface area contributed by atoms with E-state index in [0.717, 1.165) is 0 Å². The zero-order valence-electron chi connectivity index (χ0n) is 11.0. The first-order valence-electron chi connectivity index (χ1n) is 5.77. The minimum Gasteiger partial charge on any atom is -0.507 e. The first-order valence-corrected chi connectivity index (χ1v) is 6.53. The van der Waals surface area contributed by atoms with Crippen LogP contribution < -0.4 is 5.32 Å². The number of nitrogens with one attached hydrogen (secondary N) is 1. The van der Waals surface area contributed by atoms with Gasteiger partial charge in [-0.2, -0.15) is 0 Å². The Hall–Kier alpha value is -0.970. The second-order valence-electron chi connectivity index (χ2n) is 5.37. The molecular formula is C13H17Cl2NO3. The van der Waals surface area contributed by atoms with E-state index in [1.54, 1.807) is 0 Å². The highest BCUT2D eigenvalue weighted by Gasteiger charge is 2.24. The number of halogens is 2. The average molecular weight is 306 g/mol. The maximum Gasteiger partial charge on any atom is 0.256 e. The van der Waals surface area contributed by atoms with E-state index in [1.807, 2.05) is 20.8 Å². The first kappa shape index (κ1) is 16.1. The Morgan fingerprint density at radius 1 is 1.37 bits per heavy atom. The van der Waals surface area contributed by atoms with Gasteiger partial charge in [-0.1, -0.05) is 44.0 Å². The lowest BCUT2D eigenvalue weighted by molar-refractivity contribution is 0.0586. The van der Waals surface area contributed by atoms with E-state index < -0.39 is 12.0 Å². The summed E-state index contributed by atoms with van der Waals surface area (Å²) in [6, 6.07) is 2.61. The zero-order valence-corrected chi connectivity index (χ0v) is 12.5. The van der Waals surface area contributed by atoms with Crippen LogP contribution in [0.2, 0.25) is 10.0 Å². The number of benzene rings is 1. The van der Waals surface area contributed by atoms with Crippen molar-refractivity contribution >= 4 is 29.1 Å². The van der Waals surface area contributed by atoms with Gasteiger partial charge in [-0.15, -0.1) is 0 Å². The van der Waals surface area contributed by atoms with E-state index in [9.17, 15) is 15.0 Å². The molecule has 0 bridgehead atoms. The summed E-state index contributed by atoms with van der Waals surface area (Å²) in [6.45, 7) is 5.64. The van der Waals surface area contributed by atoms with Crippen LogP contribution in [0.25, 0.3) is 0 Å². The van der Waals surface area contributed by atoms with Crippen LogP contribution in [0.1, 0.15) is 31.1 Å². The molecule has 19 heavy (non-hydrogen) atoms. The third-order valence-electron chi connectivity index (χ3n) is 2.72. The summed E-state index contributed by atoms with van der Waals surface area (Å²) in [5.74, 6) is -0.845. The second-order valence-corrected chi connectivity index (χ2v) is 6.22. The van der Waals surface area contributed by atoms with Crippen LogP contribution in [0.15, 0.2) is 12.1 Å². The van der Waals surface area contributed by atoms with Gasteiger partial charge in [-0.25, -0.2) is 0 Å². The molecule has 0 heterocycles. The summed E-state index contributed by atoms with van der Waals surface area (Å²) >= 11 is 11.6. The van der Waals surface area contributed by atoms with Gasteiger partial charge in [0, 0.05) is 11.6 Å². The van der Waals surface area contributed by atoms with Gasteiger partial charge in [0.15, 0.2) is 0 Å². The summed E-state index contributed by atoms with van der Waals surface area (Å²) in [5.41, 5.74) is -0.397. The topological polar surface area (TPSA) is 69.6 Å².